The lowest BCUT2D eigenvalue weighted by Gasteiger charge is -2.06. The monoisotopic (exact) mass is 360 g/mol. The lowest BCUT2D eigenvalue weighted by molar-refractivity contribution is -0.118. The van der Waals surface area contributed by atoms with Gasteiger partial charge in [0.1, 0.15) is 16.4 Å². The number of carbonyl (C=O) groups excluding carboxylic acids is 1. The number of methoxy groups -OCH3 is 1. The van der Waals surface area contributed by atoms with E-state index >= 15 is 0 Å². The zero-order valence-corrected chi connectivity index (χ0v) is 14.7. The van der Waals surface area contributed by atoms with Crippen LogP contribution in [-0.4, -0.2) is 34.8 Å². The van der Waals surface area contributed by atoms with Gasteiger partial charge in [-0.05, 0) is 38.1 Å². The molecule has 9 heteroatoms. The first-order valence-corrected chi connectivity index (χ1v) is 8.21. The molecule has 0 aliphatic rings. The van der Waals surface area contributed by atoms with Gasteiger partial charge < -0.3 is 13.9 Å². The molecule has 0 aliphatic carbocycles. The van der Waals surface area contributed by atoms with Gasteiger partial charge in [0.25, 0.3) is 11.8 Å². The number of hydrogen-bond acceptors (Lipinski definition) is 8. The zero-order chi connectivity index (χ0) is 17.8. The summed E-state index contributed by atoms with van der Waals surface area (Å²) in [7, 11) is 1.58. The molecule has 0 unspecified atom stereocenters. The van der Waals surface area contributed by atoms with Crippen molar-refractivity contribution in [2.24, 2.45) is 0 Å². The summed E-state index contributed by atoms with van der Waals surface area (Å²) in [5.41, 5.74) is 0.812. The SMILES string of the molecule is COc1ccc(OCC(=O)Nc2nnc(-c3sc(C)nc3C)o2)cc1. The van der Waals surface area contributed by atoms with E-state index in [1.54, 1.807) is 31.4 Å². The molecule has 130 valence electrons. The number of nitrogens with one attached hydrogen (secondary N) is 1. The third-order valence-electron chi connectivity index (χ3n) is 3.20. The van der Waals surface area contributed by atoms with Crippen LogP contribution < -0.4 is 14.8 Å². The number of aromatic nitrogens is 3. The minimum Gasteiger partial charge on any atom is -0.497 e. The van der Waals surface area contributed by atoms with Gasteiger partial charge in [-0.25, -0.2) is 4.98 Å². The van der Waals surface area contributed by atoms with E-state index < -0.39 is 5.91 Å². The molecule has 2 heterocycles. The molecule has 3 aromatic rings. The summed E-state index contributed by atoms with van der Waals surface area (Å²) in [5.74, 6) is 1.19. The molecule has 2 aromatic heterocycles. The molecule has 0 spiro atoms. The van der Waals surface area contributed by atoms with Gasteiger partial charge in [-0.2, -0.15) is 0 Å². The first-order valence-electron chi connectivity index (χ1n) is 7.40. The number of hydrogen-bond donors (Lipinski definition) is 1. The van der Waals surface area contributed by atoms with Gasteiger partial charge in [0, 0.05) is 0 Å². The maximum atomic E-state index is 11.9. The van der Waals surface area contributed by atoms with Crippen molar-refractivity contribution in [2.45, 2.75) is 13.8 Å². The Labute approximate surface area is 147 Å². The van der Waals surface area contributed by atoms with Gasteiger partial charge in [0.05, 0.1) is 17.8 Å². The fraction of sp³-hybridized carbons (Fsp3) is 0.250. The molecule has 0 saturated carbocycles. The number of aryl methyl sites for hydroxylation is 2. The van der Waals surface area contributed by atoms with Crippen molar-refractivity contribution in [3.8, 4) is 22.3 Å². The van der Waals surface area contributed by atoms with Gasteiger partial charge in [0.2, 0.25) is 0 Å². The Kier molecular flexibility index (Phi) is 4.94. The van der Waals surface area contributed by atoms with Crippen LogP contribution in [0.3, 0.4) is 0 Å². The molecule has 0 saturated heterocycles. The number of anilines is 1. The first-order chi connectivity index (χ1) is 12.0. The van der Waals surface area contributed by atoms with Crippen LogP contribution >= 0.6 is 11.3 Å². The highest BCUT2D eigenvalue weighted by atomic mass is 32.1. The quantitative estimate of drug-likeness (QED) is 0.721. The maximum absolute atomic E-state index is 11.9. The Morgan fingerprint density at radius 3 is 2.56 bits per heavy atom. The molecular formula is C16H16N4O4S. The largest absolute Gasteiger partial charge is 0.497 e. The van der Waals surface area contributed by atoms with E-state index in [0.29, 0.717) is 17.4 Å². The summed E-state index contributed by atoms with van der Waals surface area (Å²) in [6.45, 7) is 3.59. The predicted molar refractivity (Wildman–Crippen MR) is 92.0 cm³/mol. The summed E-state index contributed by atoms with van der Waals surface area (Å²) in [6, 6.07) is 6.94. The van der Waals surface area contributed by atoms with Crippen molar-refractivity contribution < 1.29 is 18.7 Å². The molecule has 0 radical (unpaired) electrons. The molecule has 0 bridgehead atoms. The number of thiazole rings is 1. The average molecular weight is 360 g/mol. The molecule has 1 aromatic carbocycles. The second-order valence-electron chi connectivity index (χ2n) is 5.07. The maximum Gasteiger partial charge on any atom is 0.322 e. The molecule has 1 amide bonds. The molecule has 8 nitrogen and oxygen atoms in total. The van der Waals surface area contributed by atoms with E-state index in [2.05, 4.69) is 20.5 Å². The van der Waals surface area contributed by atoms with Crippen molar-refractivity contribution in [1.82, 2.24) is 15.2 Å². The third-order valence-corrected chi connectivity index (χ3v) is 4.26. The lowest BCUT2D eigenvalue weighted by atomic mass is 10.3. The van der Waals surface area contributed by atoms with Crippen molar-refractivity contribution in [1.29, 1.82) is 0 Å². The van der Waals surface area contributed by atoms with Crippen molar-refractivity contribution in [3.63, 3.8) is 0 Å². The third kappa shape index (κ3) is 4.13. The zero-order valence-electron chi connectivity index (χ0n) is 13.9. The highest BCUT2D eigenvalue weighted by molar-refractivity contribution is 7.15. The van der Waals surface area contributed by atoms with Crippen molar-refractivity contribution in [3.05, 3.63) is 35.0 Å². The molecule has 0 atom stereocenters. The van der Waals surface area contributed by atoms with Gasteiger partial charge in [0.15, 0.2) is 6.61 Å². The van der Waals surface area contributed by atoms with Crippen LogP contribution in [-0.2, 0) is 4.79 Å². The average Bonchev–Trinajstić information content (AvgIpc) is 3.19. The van der Waals surface area contributed by atoms with E-state index in [1.165, 1.54) is 11.3 Å². The topological polar surface area (TPSA) is 99.4 Å². The second-order valence-corrected chi connectivity index (χ2v) is 6.28. The van der Waals surface area contributed by atoms with Crippen LogP contribution in [0.1, 0.15) is 10.7 Å². The van der Waals surface area contributed by atoms with Crippen molar-refractivity contribution in [2.75, 3.05) is 19.0 Å². The molecular weight excluding hydrogens is 344 g/mol. The van der Waals surface area contributed by atoms with Crippen LogP contribution in [0.15, 0.2) is 28.7 Å². The Bertz CT molecular complexity index is 873. The minimum atomic E-state index is -0.400. The summed E-state index contributed by atoms with van der Waals surface area (Å²) in [5, 5.41) is 11.2. The number of benzene rings is 1. The van der Waals surface area contributed by atoms with Gasteiger partial charge in [-0.1, -0.05) is 5.10 Å². The fourth-order valence-electron chi connectivity index (χ4n) is 2.07. The van der Waals surface area contributed by atoms with E-state index in [9.17, 15) is 4.79 Å². The summed E-state index contributed by atoms with van der Waals surface area (Å²) < 4.78 is 15.9. The van der Waals surface area contributed by atoms with Crippen LogP contribution in [0.2, 0.25) is 0 Å². The fourth-order valence-corrected chi connectivity index (χ4v) is 2.91. The van der Waals surface area contributed by atoms with Crippen molar-refractivity contribution >= 4 is 23.3 Å². The Balaban J connectivity index is 1.57. The van der Waals surface area contributed by atoms with Crippen LogP contribution in [0.4, 0.5) is 6.01 Å². The number of amides is 1. The van der Waals surface area contributed by atoms with E-state index in [4.69, 9.17) is 13.9 Å². The Morgan fingerprint density at radius 2 is 1.92 bits per heavy atom. The minimum absolute atomic E-state index is 0.0174. The van der Waals surface area contributed by atoms with Gasteiger partial charge in [-0.3, -0.25) is 10.1 Å². The van der Waals surface area contributed by atoms with Crippen LogP contribution in [0.25, 0.3) is 10.8 Å². The number of carbonyl (C=O) groups is 1. The highest BCUT2D eigenvalue weighted by Gasteiger charge is 2.16. The van der Waals surface area contributed by atoms with Crippen LogP contribution in [0, 0.1) is 13.8 Å². The molecule has 0 aliphatic heterocycles. The first kappa shape index (κ1) is 16.9. The van der Waals surface area contributed by atoms with Gasteiger partial charge in [-0.15, -0.1) is 16.4 Å². The van der Waals surface area contributed by atoms with E-state index in [0.717, 1.165) is 15.6 Å². The molecule has 3 rings (SSSR count). The smallest absolute Gasteiger partial charge is 0.322 e. The highest BCUT2D eigenvalue weighted by Crippen LogP contribution is 2.29. The standard InChI is InChI=1S/C16H16N4O4S/c1-9-14(25-10(2)17-9)15-19-20-16(24-15)18-13(21)8-23-12-6-4-11(22-3)5-7-12/h4-7H,8H2,1-3H3,(H,18,20,21). The van der Waals surface area contributed by atoms with E-state index in [-0.39, 0.29) is 12.6 Å². The van der Waals surface area contributed by atoms with E-state index in [1.807, 2.05) is 13.8 Å². The second kappa shape index (κ2) is 7.31. The number of nitrogens with zero attached hydrogens (tertiary/aromatic N) is 3. The molecule has 25 heavy (non-hydrogen) atoms. The predicted octanol–water partition coefficient (Wildman–Crippen LogP) is 2.84. The number of ether oxygens (including phenoxy) is 2. The Hall–Kier alpha value is -2.94. The van der Waals surface area contributed by atoms with Gasteiger partial charge >= 0.3 is 6.01 Å². The lowest BCUT2D eigenvalue weighted by Crippen LogP contribution is -2.20. The summed E-state index contributed by atoms with van der Waals surface area (Å²) in [4.78, 5) is 17.0. The Morgan fingerprint density at radius 1 is 1.20 bits per heavy atom. The molecule has 1 N–H and O–H groups in total. The molecule has 0 fully saturated rings. The number of rotatable bonds is 6. The normalized spacial score (nSPS) is 10.5. The van der Waals surface area contributed by atoms with Crippen LogP contribution in [0.5, 0.6) is 11.5 Å². The summed E-state index contributed by atoms with van der Waals surface area (Å²) in [6.07, 6.45) is 0. The summed E-state index contributed by atoms with van der Waals surface area (Å²) >= 11 is 1.46.